The minimum absolute atomic E-state index is 0.0534. The van der Waals surface area contributed by atoms with Crippen LogP contribution in [0.4, 0.5) is 14.5 Å². The Morgan fingerprint density at radius 3 is 2.56 bits per heavy atom. The maximum absolute atomic E-state index is 13.9. The number of hydrogen-bond acceptors (Lipinski definition) is 5. The molecule has 9 nitrogen and oxygen atoms in total. The first-order valence-electron chi connectivity index (χ1n) is 12.9. The summed E-state index contributed by atoms with van der Waals surface area (Å²) in [7, 11) is 0. The number of fused-ring (bicyclic) bond motifs is 2. The topological polar surface area (TPSA) is 116 Å². The van der Waals surface area contributed by atoms with E-state index < -0.39 is 29.1 Å². The van der Waals surface area contributed by atoms with Gasteiger partial charge in [0.1, 0.15) is 0 Å². The molecule has 0 radical (unpaired) electrons. The van der Waals surface area contributed by atoms with E-state index in [1.807, 2.05) is 32.0 Å². The standard InChI is InChI=1S/C26H24F2N6O3.C2H6/c1-25(2)18-5-4-13(8-20(18)33(23(25)36)12-26(3,27)28)14-9-15(14)16-10-19(32-34-7-6-29-21(16)34)17-11-30-24(37)31-22(17)35;1-2/h4-8,10-11,14-15H,9,12H2,1-3H3,(H2,30,31,35,37);1-2H3/t14-,15+;/m1./s1. The molecule has 3 aromatic heterocycles. The summed E-state index contributed by atoms with van der Waals surface area (Å²) in [5.41, 5.74) is 2.34. The summed E-state index contributed by atoms with van der Waals surface area (Å²) in [6.45, 7) is 7.66. The predicted octanol–water partition coefficient (Wildman–Crippen LogP) is 4.35. The van der Waals surface area contributed by atoms with Gasteiger partial charge in [0, 0.05) is 36.8 Å². The smallest absolute Gasteiger partial charge is 0.313 e. The fourth-order valence-electron chi connectivity index (χ4n) is 5.38. The van der Waals surface area contributed by atoms with Crippen molar-refractivity contribution in [2.75, 3.05) is 11.4 Å². The molecule has 39 heavy (non-hydrogen) atoms. The molecule has 2 aliphatic rings. The minimum atomic E-state index is -3.02. The maximum Gasteiger partial charge on any atom is 0.325 e. The third kappa shape index (κ3) is 4.55. The molecule has 1 aromatic carbocycles. The Kier molecular flexibility index (Phi) is 6.27. The maximum atomic E-state index is 13.9. The number of carbonyl (C=O) groups excluding carboxylic acids is 1. The van der Waals surface area contributed by atoms with Crippen molar-refractivity contribution < 1.29 is 13.6 Å². The largest absolute Gasteiger partial charge is 0.325 e. The summed E-state index contributed by atoms with van der Waals surface area (Å²) in [6, 6.07) is 7.49. The zero-order valence-electron chi connectivity index (χ0n) is 22.4. The number of H-pyrrole nitrogens is 2. The molecule has 4 heterocycles. The first kappa shape index (κ1) is 26.5. The number of aromatic nitrogens is 5. The highest BCUT2D eigenvalue weighted by Gasteiger charge is 2.48. The van der Waals surface area contributed by atoms with E-state index in [9.17, 15) is 23.2 Å². The Morgan fingerprint density at radius 1 is 1.13 bits per heavy atom. The zero-order chi connectivity index (χ0) is 28.3. The van der Waals surface area contributed by atoms with Crippen molar-refractivity contribution in [3.05, 3.63) is 80.4 Å². The molecular weight excluding hydrogens is 506 g/mol. The number of aromatic amines is 2. The van der Waals surface area contributed by atoms with E-state index in [4.69, 9.17) is 0 Å². The zero-order valence-corrected chi connectivity index (χ0v) is 22.4. The predicted molar refractivity (Wildman–Crippen MR) is 144 cm³/mol. The van der Waals surface area contributed by atoms with Crippen molar-refractivity contribution in [3.63, 3.8) is 0 Å². The van der Waals surface area contributed by atoms with E-state index >= 15 is 0 Å². The van der Waals surface area contributed by atoms with Crippen molar-refractivity contribution in [3.8, 4) is 11.3 Å². The Balaban J connectivity index is 0.00000151. The average molecular weight is 537 g/mol. The van der Waals surface area contributed by atoms with Gasteiger partial charge in [-0.15, -0.1) is 0 Å². The number of alkyl halides is 2. The number of hydrogen-bond donors (Lipinski definition) is 2. The lowest BCUT2D eigenvalue weighted by Gasteiger charge is -2.23. The number of nitrogens with zero attached hydrogens (tertiary/aromatic N) is 4. The minimum Gasteiger partial charge on any atom is -0.313 e. The molecule has 0 unspecified atom stereocenters. The van der Waals surface area contributed by atoms with Crippen LogP contribution < -0.4 is 16.1 Å². The van der Waals surface area contributed by atoms with Crippen LogP contribution in [0.5, 0.6) is 0 Å². The summed E-state index contributed by atoms with van der Waals surface area (Å²) < 4.78 is 29.5. The van der Waals surface area contributed by atoms with Gasteiger partial charge in [-0.1, -0.05) is 26.0 Å². The van der Waals surface area contributed by atoms with Crippen molar-refractivity contribution in [2.24, 2.45) is 0 Å². The van der Waals surface area contributed by atoms with E-state index in [2.05, 4.69) is 20.1 Å². The normalized spacial score (nSPS) is 19.6. The van der Waals surface area contributed by atoms with Crippen molar-refractivity contribution in [1.29, 1.82) is 0 Å². The Bertz CT molecular complexity index is 1700. The lowest BCUT2D eigenvalue weighted by molar-refractivity contribution is -0.123. The van der Waals surface area contributed by atoms with Gasteiger partial charge in [-0.2, -0.15) is 5.10 Å². The van der Waals surface area contributed by atoms with Gasteiger partial charge in [0.25, 0.3) is 11.5 Å². The number of amides is 1. The highest BCUT2D eigenvalue weighted by Crippen LogP contribution is 2.57. The molecule has 0 bridgehead atoms. The lowest BCUT2D eigenvalue weighted by atomic mass is 9.85. The third-order valence-corrected chi connectivity index (χ3v) is 7.30. The monoisotopic (exact) mass is 536 g/mol. The van der Waals surface area contributed by atoms with E-state index in [0.29, 0.717) is 17.0 Å². The fraction of sp³-hybridized carbons (Fsp3) is 0.393. The molecule has 1 aliphatic heterocycles. The number of rotatable bonds is 5. The molecule has 1 amide bonds. The van der Waals surface area contributed by atoms with E-state index in [1.54, 1.807) is 36.8 Å². The third-order valence-electron chi connectivity index (χ3n) is 7.30. The van der Waals surface area contributed by atoms with Gasteiger partial charge < -0.3 is 9.88 Å². The van der Waals surface area contributed by atoms with Crippen LogP contribution in [0.1, 0.15) is 69.6 Å². The summed E-state index contributed by atoms with van der Waals surface area (Å²) in [4.78, 5) is 47.2. The second-order valence-corrected chi connectivity index (χ2v) is 10.5. The van der Waals surface area contributed by atoms with Gasteiger partial charge in [0.05, 0.1) is 23.2 Å². The van der Waals surface area contributed by atoms with Crippen LogP contribution in [-0.4, -0.2) is 42.9 Å². The molecule has 1 fully saturated rings. The van der Waals surface area contributed by atoms with Crippen LogP contribution in [0.2, 0.25) is 0 Å². The quantitative estimate of drug-likeness (QED) is 0.394. The summed E-state index contributed by atoms with van der Waals surface area (Å²) in [5, 5.41) is 4.48. The van der Waals surface area contributed by atoms with Gasteiger partial charge in [-0.05, 0) is 55.4 Å². The van der Waals surface area contributed by atoms with Crippen LogP contribution in [0.15, 0.2) is 52.4 Å². The Labute approximate surface area is 222 Å². The molecule has 6 rings (SSSR count). The number of halogens is 2. The van der Waals surface area contributed by atoms with Crippen molar-refractivity contribution in [2.45, 2.75) is 64.2 Å². The second kappa shape index (κ2) is 9.25. The van der Waals surface area contributed by atoms with Gasteiger partial charge in [-0.25, -0.2) is 23.1 Å². The van der Waals surface area contributed by atoms with E-state index in [1.165, 1.54) is 11.1 Å². The van der Waals surface area contributed by atoms with Gasteiger partial charge in [0.15, 0.2) is 5.65 Å². The van der Waals surface area contributed by atoms with Crippen molar-refractivity contribution >= 4 is 17.2 Å². The molecule has 4 aromatic rings. The number of benzene rings is 1. The van der Waals surface area contributed by atoms with Crippen LogP contribution >= 0.6 is 0 Å². The molecule has 0 saturated heterocycles. The first-order valence-corrected chi connectivity index (χ1v) is 12.9. The number of imidazole rings is 1. The SMILES string of the molecule is CC.CC(F)(F)CN1C(=O)C(C)(C)c2ccc([C@H]3C[C@@H]3c3cc(-c4c[nH]c(=O)[nH]c4=O)nn4ccnc34)cc21. The van der Waals surface area contributed by atoms with E-state index in [0.717, 1.165) is 30.0 Å². The second-order valence-electron chi connectivity index (χ2n) is 10.5. The van der Waals surface area contributed by atoms with Crippen LogP contribution in [0.25, 0.3) is 16.9 Å². The average Bonchev–Trinajstić information content (AvgIpc) is 3.49. The molecule has 11 heteroatoms. The number of anilines is 1. The van der Waals surface area contributed by atoms with Crippen LogP contribution in [0, 0.1) is 0 Å². The van der Waals surface area contributed by atoms with Gasteiger partial charge >= 0.3 is 5.69 Å². The molecular formula is C28H30F2N6O3. The molecule has 0 spiro atoms. The summed E-state index contributed by atoms with van der Waals surface area (Å²) >= 11 is 0. The molecule has 1 saturated carbocycles. The number of carbonyl (C=O) groups is 1. The van der Waals surface area contributed by atoms with Gasteiger partial charge in [0.2, 0.25) is 5.91 Å². The molecule has 204 valence electrons. The summed E-state index contributed by atoms with van der Waals surface area (Å²) in [6.07, 6.45) is 5.42. The van der Waals surface area contributed by atoms with E-state index in [-0.39, 0.29) is 23.3 Å². The van der Waals surface area contributed by atoms with Crippen LogP contribution in [0.3, 0.4) is 0 Å². The Hall–Kier alpha value is -4.15. The first-order chi connectivity index (χ1) is 18.4. The summed E-state index contributed by atoms with van der Waals surface area (Å²) in [5.74, 6) is -3.22. The van der Waals surface area contributed by atoms with Crippen molar-refractivity contribution in [1.82, 2.24) is 24.6 Å². The van der Waals surface area contributed by atoms with Gasteiger partial charge in [-0.3, -0.25) is 14.6 Å². The molecule has 2 N–H and O–H groups in total. The number of nitrogens with one attached hydrogen (secondary N) is 2. The Morgan fingerprint density at radius 2 is 1.87 bits per heavy atom. The lowest BCUT2D eigenvalue weighted by Crippen LogP contribution is -2.42. The van der Waals surface area contributed by atoms with Crippen LogP contribution in [-0.2, 0) is 10.2 Å². The molecule has 1 aliphatic carbocycles. The highest BCUT2D eigenvalue weighted by atomic mass is 19.3. The molecule has 2 atom stereocenters. The fourth-order valence-corrected chi connectivity index (χ4v) is 5.38. The highest BCUT2D eigenvalue weighted by molar-refractivity contribution is 6.07.